The molecule has 0 bridgehead atoms. The number of benzene rings is 2. The number of carbonyl (C=O) groups excluding carboxylic acids is 1. The average Bonchev–Trinajstić information content (AvgIpc) is 3.62. The minimum absolute atomic E-state index is 0.0478. The van der Waals surface area contributed by atoms with E-state index in [1.54, 1.807) is 24.2 Å². The zero-order valence-corrected chi connectivity index (χ0v) is 34.5. The van der Waals surface area contributed by atoms with Crippen LogP contribution < -0.4 is 25.7 Å². The lowest BCUT2D eigenvalue weighted by atomic mass is 10.0. The molecule has 2 amide bonds. The molecule has 2 aromatic carbocycles. The van der Waals surface area contributed by atoms with Gasteiger partial charge in [-0.3, -0.25) is 15.0 Å². The van der Waals surface area contributed by atoms with Gasteiger partial charge in [-0.15, -0.1) is 0 Å². The summed E-state index contributed by atoms with van der Waals surface area (Å²) in [5.74, 6) is 1.15. The quantitative estimate of drug-likeness (QED) is 0.0958. The molecule has 0 radical (unpaired) electrons. The van der Waals surface area contributed by atoms with Crippen LogP contribution in [-0.2, 0) is 15.7 Å². The first-order valence-electron chi connectivity index (χ1n) is 19.3. The molecule has 1 aliphatic rings. The fourth-order valence-corrected chi connectivity index (χ4v) is 12.1. The van der Waals surface area contributed by atoms with Crippen LogP contribution in [0.25, 0.3) is 16.6 Å². The highest BCUT2D eigenvalue weighted by Gasteiger charge is 2.50. The predicted molar refractivity (Wildman–Crippen MR) is 224 cm³/mol. The van der Waals surface area contributed by atoms with E-state index in [-0.39, 0.29) is 23.6 Å². The van der Waals surface area contributed by atoms with Crippen LogP contribution in [0.15, 0.2) is 85.2 Å². The van der Waals surface area contributed by atoms with E-state index in [0.717, 1.165) is 24.0 Å². The van der Waals surface area contributed by atoms with Crippen LogP contribution in [0.5, 0.6) is 5.75 Å². The minimum Gasteiger partial charge on any atom is -0.495 e. The molecule has 4 heterocycles. The molecular formula is C42H52N8O6Si. The zero-order chi connectivity index (χ0) is 40.6. The van der Waals surface area contributed by atoms with Crippen LogP contribution in [0, 0.1) is 0 Å². The third kappa shape index (κ3) is 9.10. The van der Waals surface area contributed by atoms with Crippen molar-refractivity contribution >= 4 is 59.3 Å². The van der Waals surface area contributed by atoms with Gasteiger partial charge in [0.1, 0.15) is 22.5 Å². The Morgan fingerprint density at radius 3 is 2.26 bits per heavy atom. The number of anilines is 2. The Morgan fingerprint density at radius 2 is 1.68 bits per heavy atom. The maximum atomic E-state index is 12.3. The van der Waals surface area contributed by atoms with Gasteiger partial charge in [-0.1, -0.05) is 101 Å². The van der Waals surface area contributed by atoms with Crippen molar-refractivity contribution in [3.8, 4) is 5.75 Å². The third-order valence-corrected chi connectivity index (χ3v) is 15.4. The largest absolute Gasteiger partial charge is 0.495 e. The Balaban J connectivity index is 1.30. The van der Waals surface area contributed by atoms with Crippen LogP contribution in [-0.4, -0.2) is 95.2 Å². The SMILES string of the molecule is CCCC(CCO[Si](c1ccccc1)(c1ccccc1)C(C)(C)C)Nc1nc(NC(=O)OC)nc2cnn(Cc3ncc(C4=CCN(C(=O)O)CC4)cc3OC)c12. The van der Waals surface area contributed by atoms with Crippen LogP contribution in [0.4, 0.5) is 21.4 Å². The number of ether oxygens (including phenoxy) is 2. The monoisotopic (exact) mass is 792 g/mol. The number of methoxy groups -OCH3 is 2. The maximum absolute atomic E-state index is 12.3. The number of hydrogen-bond acceptors (Lipinski definition) is 10. The number of rotatable bonds is 15. The fourth-order valence-electron chi connectivity index (χ4n) is 7.55. The summed E-state index contributed by atoms with van der Waals surface area (Å²) in [6.07, 6.45) is 6.72. The van der Waals surface area contributed by atoms with E-state index in [9.17, 15) is 14.7 Å². The standard InChI is InChI=1S/C42H52N8O6Si/c1-7-14-31(21-24-56-57(42(2,3)4,32-15-10-8-11-16-32)33-17-12-9-13-18-33)45-38-37-34(46-39(47-38)48-40(51)55-6)27-44-50(37)28-35-36(54-5)25-30(26-43-35)29-19-22-49(23-20-29)41(52)53/h8-13,15-19,25-27,31H,7,14,20-24,28H2,1-6H3,(H,52,53)(H2,45,46,47,48,51). The molecule has 0 fully saturated rings. The Kier molecular flexibility index (Phi) is 12.9. The molecule has 14 nitrogen and oxygen atoms in total. The van der Waals surface area contributed by atoms with Gasteiger partial charge < -0.3 is 29.2 Å². The molecule has 3 N–H and O–H groups in total. The van der Waals surface area contributed by atoms with Gasteiger partial charge in [-0.25, -0.2) is 14.6 Å². The molecule has 0 aliphatic carbocycles. The predicted octanol–water partition coefficient (Wildman–Crippen LogP) is 6.77. The third-order valence-electron chi connectivity index (χ3n) is 10.4. The molecule has 6 rings (SSSR count). The number of fused-ring (bicyclic) bond motifs is 1. The van der Waals surface area contributed by atoms with E-state index in [2.05, 4.69) is 96.9 Å². The molecular weight excluding hydrogens is 741 g/mol. The summed E-state index contributed by atoms with van der Waals surface area (Å²) in [7, 11) is 0.125. The van der Waals surface area contributed by atoms with Crippen molar-refractivity contribution in [3.05, 3.63) is 96.5 Å². The van der Waals surface area contributed by atoms with E-state index in [1.807, 2.05) is 24.3 Å². The second kappa shape index (κ2) is 18.0. The Hall–Kier alpha value is -5.80. The number of amides is 2. The highest BCUT2D eigenvalue weighted by molar-refractivity contribution is 6.99. The molecule has 0 saturated carbocycles. The second-order valence-corrected chi connectivity index (χ2v) is 19.4. The van der Waals surface area contributed by atoms with Crippen molar-refractivity contribution in [3.63, 3.8) is 0 Å². The van der Waals surface area contributed by atoms with Gasteiger partial charge in [0.05, 0.1) is 27.0 Å². The van der Waals surface area contributed by atoms with Crippen molar-refractivity contribution in [1.82, 2.24) is 29.6 Å². The van der Waals surface area contributed by atoms with E-state index in [4.69, 9.17) is 23.9 Å². The van der Waals surface area contributed by atoms with E-state index in [1.165, 1.54) is 22.4 Å². The normalized spacial score (nSPS) is 13.9. The van der Waals surface area contributed by atoms with Crippen molar-refractivity contribution in [2.24, 2.45) is 0 Å². The zero-order valence-electron chi connectivity index (χ0n) is 33.5. The lowest BCUT2D eigenvalue weighted by molar-refractivity contribution is 0.150. The highest BCUT2D eigenvalue weighted by atomic mass is 28.4. The minimum atomic E-state index is -2.76. The van der Waals surface area contributed by atoms with Gasteiger partial charge >= 0.3 is 12.2 Å². The summed E-state index contributed by atoms with van der Waals surface area (Å²) in [5.41, 5.74) is 3.68. The number of carbonyl (C=O) groups is 2. The first kappa shape index (κ1) is 40.8. The van der Waals surface area contributed by atoms with Gasteiger partial charge in [0.25, 0.3) is 8.32 Å². The second-order valence-electron chi connectivity index (χ2n) is 15.1. The van der Waals surface area contributed by atoms with Gasteiger partial charge in [-0.2, -0.15) is 10.1 Å². The Bertz CT molecular complexity index is 2150. The van der Waals surface area contributed by atoms with Crippen molar-refractivity contribution in [1.29, 1.82) is 0 Å². The summed E-state index contributed by atoms with van der Waals surface area (Å²) < 4.78 is 19.7. The van der Waals surface area contributed by atoms with Gasteiger partial charge in [0, 0.05) is 31.9 Å². The lowest BCUT2D eigenvalue weighted by Gasteiger charge is -2.43. The molecule has 3 aromatic heterocycles. The molecule has 5 aromatic rings. The van der Waals surface area contributed by atoms with Gasteiger partial charge in [-0.05, 0) is 51.9 Å². The van der Waals surface area contributed by atoms with Crippen molar-refractivity contribution in [2.75, 3.05) is 44.5 Å². The number of nitrogens with zero attached hydrogens (tertiary/aromatic N) is 6. The first-order chi connectivity index (χ1) is 27.5. The van der Waals surface area contributed by atoms with Gasteiger partial charge in [0.2, 0.25) is 5.95 Å². The summed E-state index contributed by atoms with van der Waals surface area (Å²) in [6.45, 7) is 10.5. The molecule has 15 heteroatoms. The van der Waals surface area contributed by atoms with Crippen molar-refractivity contribution < 1.29 is 28.6 Å². The summed E-state index contributed by atoms with van der Waals surface area (Å²) in [4.78, 5) is 39.2. The van der Waals surface area contributed by atoms with E-state index >= 15 is 0 Å². The molecule has 300 valence electrons. The molecule has 1 atom stereocenters. The number of carboxylic acid groups (broad SMARTS) is 1. The molecule has 57 heavy (non-hydrogen) atoms. The lowest BCUT2D eigenvalue weighted by Crippen LogP contribution is -2.66. The average molecular weight is 793 g/mol. The Labute approximate surface area is 334 Å². The Morgan fingerprint density at radius 1 is 0.982 bits per heavy atom. The fraction of sp³-hybridized carbons (Fsp3) is 0.381. The van der Waals surface area contributed by atoms with E-state index in [0.29, 0.717) is 60.8 Å². The summed E-state index contributed by atoms with van der Waals surface area (Å²) >= 11 is 0. The topological polar surface area (TPSA) is 166 Å². The highest BCUT2D eigenvalue weighted by Crippen LogP contribution is 2.37. The van der Waals surface area contributed by atoms with Crippen molar-refractivity contribution in [2.45, 2.75) is 71.0 Å². The van der Waals surface area contributed by atoms with E-state index < -0.39 is 20.5 Å². The smallest absolute Gasteiger partial charge is 0.413 e. The number of hydrogen-bond donors (Lipinski definition) is 3. The number of nitrogens with one attached hydrogen (secondary N) is 2. The molecule has 1 aliphatic heterocycles. The summed E-state index contributed by atoms with van der Waals surface area (Å²) in [6, 6.07) is 23.1. The van der Waals surface area contributed by atoms with Crippen LogP contribution in [0.3, 0.4) is 0 Å². The molecule has 1 unspecified atom stereocenters. The molecule has 0 spiro atoms. The van der Waals surface area contributed by atoms with Gasteiger partial charge in [0.15, 0.2) is 5.82 Å². The summed E-state index contributed by atoms with van der Waals surface area (Å²) in [5, 5.41) is 22.6. The first-order valence-corrected chi connectivity index (χ1v) is 21.2. The molecule has 0 saturated heterocycles. The van der Waals surface area contributed by atoms with Crippen LogP contribution >= 0.6 is 0 Å². The van der Waals surface area contributed by atoms with Crippen LogP contribution in [0.2, 0.25) is 5.04 Å². The maximum Gasteiger partial charge on any atom is 0.413 e. The number of pyridine rings is 1. The number of aromatic nitrogens is 5. The van der Waals surface area contributed by atoms with Crippen LogP contribution in [0.1, 0.15) is 64.6 Å².